The van der Waals surface area contributed by atoms with Gasteiger partial charge in [-0.1, -0.05) is 0 Å². The average molecular weight is 249 g/mol. The number of aliphatic hydroxyl groups is 1. The third-order valence-electron chi connectivity index (χ3n) is 5.99. The van der Waals surface area contributed by atoms with Gasteiger partial charge >= 0.3 is 0 Å². The molecule has 3 nitrogen and oxygen atoms in total. The number of aliphatic hydroxyl groups excluding tert-OH is 1. The van der Waals surface area contributed by atoms with Crippen LogP contribution in [-0.2, 0) is 4.79 Å². The number of carbonyl (C=O) groups excluding carboxylic acids is 1. The molecular formula is C15H23NO2. The van der Waals surface area contributed by atoms with Crippen molar-refractivity contribution in [1.82, 2.24) is 4.90 Å². The van der Waals surface area contributed by atoms with Crippen LogP contribution in [0.1, 0.15) is 38.5 Å². The normalized spacial score (nSPS) is 49.9. The number of likely N-dealkylation sites (tertiary alicyclic amines) is 1. The first-order chi connectivity index (χ1) is 8.70. The van der Waals surface area contributed by atoms with Gasteiger partial charge in [-0.25, -0.2) is 0 Å². The van der Waals surface area contributed by atoms with E-state index in [1.165, 1.54) is 32.1 Å². The molecule has 5 fully saturated rings. The summed E-state index contributed by atoms with van der Waals surface area (Å²) < 4.78 is 0. The zero-order valence-corrected chi connectivity index (χ0v) is 10.9. The highest BCUT2D eigenvalue weighted by atomic mass is 16.3. The summed E-state index contributed by atoms with van der Waals surface area (Å²) in [6.07, 6.45) is 7.17. The van der Waals surface area contributed by atoms with Crippen molar-refractivity contribution in [3.05, 3.63) is 0 Å². The van der Waals surface area contributed by atoms with Crippen molar-refractivity contribution < 1.29 is 9.90 Å². The fourth-order valence-electron chi connectivity index (χ4n) is 5.48. The van der Waals surface area contributed by atoms with Gasteiger partial charge in [0, 0.05) is 19.0 Å². The van der Waals surface area contributed by atoms with Crippen molar-refractivity contribution in [2.45, 2.75) is 44.6 Å². The quantitative estimate of drug-likeness (QED) is 0.767. The van der Waals surface area contributed by atoms with Gasteiger partial charge in [0.25, 0.3) is 0 Å². The maximum Gasteiger partial charge on any atom is 0.226 e. The molecule has 1 amide bonds. The zero-order valence-electron chi connectivity index (χ0n) is 10.9. The first-order valence-electron chi connectivity index (χ1n) is 7.67. The van der Waals surface area contributed by atoms with E-state index in [1.54, 1.807) is 0 Å². The van der Waals surface area contributed by atoms with E-state index in [9.17, 15) is 9.90 Å². The zero-order chi connectivity index (χ0) is 12.3. The monoisotopic (exact) mass is 249 g/mol. The van der Waals surface area contributed by atoms with Crippen molar-refractivity contribution >= 4 is 5.91 Å². The summed E-state index contributed by atoms with van der Waals surface area (Å²) in [6, 6.07) is 0. The summed E-state index contributed by atoms with van der Waals surface area (Å²) in [5.41, 5.74) is 0. The molecule has 18 heavy (non-hydrogen) atoms. The first-order valence-corrected chi connectivity index (χ1v) is 7.67. The van der Waals surface area contributed by atoms with Gasteiger partial charge in [0.1, 0.15) is 0 Å². The minimum atomic E-state index is -0.272. The molecule has 4 saturated carbocycles. The second kappa shape index (κ2) is 3.96. The van der Waals surface area contributed by atoms with Gasteiger partial charge in [0.05, 0.1) is 6.10 Å². The largest absolute Gasteiger partial charge is 0.391 e. The lowest BCUT2D eigenvalue weighted by Crippen LogP contribution is -2.51. The molecule has 0 radical (unpaired) electrons. The van der Waals surface area contributed by atoms with E-state index in [-0.39, 0.29) is 6.10 Å². The number of β-amino-alcohol motifs (C(OH)–C–C–N with tert-alkyl or cyclic N) is 1. The predicted molar refractivity (Wildman–Crippen MR) is 67.7 cm³/mol. The van der Waals surface area contributed by atoms with Crippen molar-refractivity contribution in [1.29, 1.82) is 0 Å². The molecule has 0 spiro atoms. The number of amides is 1. The van der Waals surface area contributed by atoms with Gasteiger partial charge < -0.3 is 10.0 Å². The van der Waals surface area contributed by atoms with E-state index in [1.807, 2.05) is 4.90 Å². The topological polar surface area (TPSA) is 40.5 Å². The lowest BCUT2D eigenvalue weighted by atomic mass is 9.51. The van der Waals surface area contributed by atoms with Crippen LogP contribution in [0.15, 0.2) is 0 Å². The van der Waals surface area contributed by atoms with Crippen molar-refractivity contribution in [2.75, 3.05) is 13.1 Å². The molecule has 100 valence electrons. The van der Waals surface area contributed by atoms with E-state index in [4.69, 9.17) is 0 Å². The number of hydrogen-bond donors (Lipinski definition) is 1. The highest BCUT2D eigenvalue weighted by Crippen LogP contribution is 2.56. The van der Waals surface area contributed by atoms with Gasteiger partial charge in [0.2, 0.25) is 5.91 Å². The van der Waals surface area contributed by atoms with Crippen molar-refractivity contribution in [2.24, 2.45) is 29.6 Å². The van der Waals surface area contributed by atoms with Crippen LogP contribution in [0.25, 0.3) is 0 Å². The molecule has 3 heteroatoms. The minimum Gasteiger partial charge on any atom is -0.391 e. The summed E-state index contributed by atoms with van der Waals surface area (Å²) in [7, 11) is 0. The summed E-state index contributed by atoms with van der Waals surface area (Å²) in [6.45, 7) is 1.37. The molecule has 1 N–H and O–H groups in total. The average Bonchev–Trinajstić information content (AvgIpc) is 2.74. The van der Waals surface area contributed by atoms with Gasteiger partial charge in [-0.2, -0.15) is 0 Å². The number of carbonyl (C=O) groups is 1. The predicted octanol–water partition coefficient (Wildman–Crippen LogP) is 1.65. The lowest BCUT2D eigenvalue weighted by molar-refractivity contribution is -0.148. The molecule has 1 heterocycles. The van der Waals surface area contributed by atoms with Crippen LogP contribution in [0, 0.1) is 29.6 Å². The number of rotatable bonds is 1. The molecule has 1 atom stereocenters. The van der Waals surface area contributed by atoms with Gasteiger partial charge in [-0.05, 0) is 62.2 Å². The van der Waals surface area contributed by atoms with Crippen LogP contribution in [0.3, 0.4) is 0 Å². The molecule has 0 aromatic rings. The lowest BCUT2D eigenvalue weighted by Gasteiger charge is -2.54. The Balaban J connectivity index is 1.52. The Morgan fingerprint density at radius 1 is 1.00 bits per heavy atom. The summed E-state index contributed by atoms with van der Waals surface area (Å²) >= 11 is 0. The van der Waals surface area contributed by atoms with Crippen molar-refractivity contribution in [3.63, 3.8) is 0 Å². The molecule has 0 aromatic carbocycles. The molecule has 5 rings (SSSR count). The van der Waals surface area contributed by atoms with Gasteiger partial charge in [-0.3, -0.25) is 4.79 Å². The molecule has 5 aliphatic rings. The fraction of sp³-hybridized carbons (Fsp3) is 0.933. The molecule has 0 aromatic heterocycles. The van der Waals surface area contributed by atoms with Crippen LogP contribution in [-0.4, -0.2) is 35.1 Å². The maximum absolute atomic E-state index is 12.7. The standard InChI is InChI=1S/C15H23NO2/c17-13-1-2-16(8-13)15(18)14-11-4-9-3-10(6-11)7-12(14)5-9/h9-14,17H,1-8H2. The van der Waals surface area contributed by atoms with E-state index in [0.29, 0.717) is 30.2 Å². The Labute approximate surface area is 109 Å². The van der Waals surface area contributed by atoms with Gasteiger partial charge in [0.15, 0.2) is 0 Å². The Kier molecular flexibility index (Phi) is 2.48. The SMILES string of the molecule is O=C(C1C2CC3CC(C2)CC1C3)N1CCC(O)C1. The summed E-state index contributed by atoms with van der Waals surface area (Å²) in [4.78, 5) is 14.6. The highest BCUT2D eigenvalue weighted by Gasteiger charge is 2.51. The van der Waals surface area contributed by atoms with Crippen LogP contribution >= 0.6 is 0 Å². The molecule has 4 bridgehead atoms. The van der Waals surface area contributed by atoms with Gasteiger partial charge in [-0.15, -0.1) is 0 Å². The van der Waals surface area contributed by atoms with E-state index in [2.05, 4.69) is 0 Å². The number of hydrogen-bond acceptors (Lipinski definition) is 2. The maximum atomic E-state index is 12.7. The summed E-state index contributed by atoms with van der Waals surface area (Å²) in [5, 5.41) is 9.61. The van der Waals surface area contributed by atoms with Crippen LogP contribution in [0.2, 0.25) is 0 Å². The molecule has 1 unspecified atom stereocenters. The molecule has 4 aliphatic carbocycles. The van der Waals surface area contributed by atoms with Crippen LogP contribution in [0.5, 0.6) is 0 Å². The van der Waals surface area contributed by atoms with Crippen LogP contribution in [0.4, 0.5) is 0 Å². The third-order valence-corrected chi connectivity index (χ3v) is 5.99. The molecule has 1 saturated heterocycles. The van der Waals surface area contributed by atoms with E-state index < -0.39 is 0 Å². The fourth-order valence-corrected chi connectivity index (χ4v) is 5.48. The summed E-state index contributed by atoms with van der Waals surface area (Å²) in [5.74, 6) is 3.89. The Morgan fingerprint density at radius 3 is 2.11 bits per heavy atom. The second-order valence-electron chi connectivity index (χ2n) is 7.18. The smallest absolute Gasteiger partial charge is 0.226 e. The second-order valence-corrected chi connectivity index (χ2v) is 7.18. The Hall–Kier alpha value is -0.570. The Morgan fingerprint density at radius 2 is 1.61 bits per heavy atom. The minimum absolute atomic E-state index is 0.272. The third kappa shape index (κ3) is 1.63. The Bertz CT molecular complexity index is 340. The highest BCUT2D eigenvalue weighted by molar-refractivity contribution is 5.80. The van der Waals surface area contributed by atoms with E-state index >= 15 is 0 Å². The van der Waals surface area contributed by atoms with Crippen molar-refractivity contribution in [3.8, 4) is 0 Å². The molecular weight excluding hydrogens is 226 g/mol. The number of nitrogens with zero attached hydrogens (tertiary/aromatic N) is 1. The first kappa shape index (κ1) is 11.3. The van der Waals surface area contributed by atoms with E-state index in [0.717, 1.165) is 24.8 Å². The molecule has 1 aliphatic heterocycles. The van der Waals surface area contributed by atoms with Crippen LogP contribution < -0.4 is 0 Å².